The van der Waals surface area contributed by atoms with Crippen molar-refractivity contribution in [1.29, 1.82) is 0 Å². The summed E-state index contributed by atoms with van der Waals surface area (Å²) in [6.45, 7) is 1.96. The number of hydrogen-bond acceptors (Lipinski definition) is 4. The van der Waals surface area contributed by atoms with Gasteiger partial charge in [-0.2, -0.15) is 5.10 Å². The Bertz CT molecular complexity index is 1050. The minimum atomic E-state index is -0.757. The zero-order chi connectivity index (χ0) is 18.9. The fraction of sp³-hybridized carbons (Fsp3) is 0.190. The van der Waals surface area contributed by atoms with E-state index in [0.29, 0.717) is 12.2 Å². The molecule has 1 N–H and O–H groups in total. The molecule has 2 aromatic heterocycles. The zero-order valence-electron chi connectivity index (χ0n) is 15.2. The van der Waals surface area contributed by atoms with Crippen LogP contribution < -0.4 is 5.32 Å². The Hall–Kier alpha value is -2.99. The largest absolute Gasteiger partial charge is 0.308 e. The molecule has 4 aromatic rings. The Morgan fingerprint density at radius 1 is 1.11 bits per heavy atom. The summed E-state index contributed by atoms with van der Waals surface area (Å²) in [5.74, 6) is 0.459. The molecule has 6 heteroatoms. The van der Waals surface area contributed by atoms with Gasteiger partial charge in [0.05, 0.1) is 20.6 Å². The maximum absolute atomic E-state index is 13.3. The van der Waals surface area contributed by atoms with E-state index in [1.54, 1.807) is 22.1 Å². The SMILES string of the molecule is Cn1ccc(NC(=O)[C@@](C)(Cc2nc3ccccc3s2)c2ccccc2)n1. The minimum absolute atomic E-state index is 0.0911. The molecule has 1 atom stereocenters. The highest BCUT2D eigenvalue weighted by Gasteiger charge is 2.37. The number of anilines is 1. The Labute approximate surface area is 161 Å². The van der Waals surface area contributed by atoms with E-state index >= 15 is 0 Å². The van der Waals surface area contributed by atoms with Crippen LogP contribution in [-0.2, 0) is 23.7 Å². The van der Waals surface area contributed by atoms with E-state index in [2.05, 4.69) is 16.5 Å². The van der Waals surface area contributed by atoms with E-state index in [9.17, 15) is 4.79 Å². The summed E-state index contributed by atoms with van der Waals surface area (Å²) in [4.78, 5) is 18.0. The van der Waals surface area contributed by atoms with Gasteiger partial charge in [0.25, 0.3) is 0 Å². The molecule has 136 valence electrons. The topological polar surface area (TPSA) is 59.8 Å². The summed E-state index contributed by atoms with van der Waals surface area (Å²) in [5.41, 5.74) is 1.17. The van der Waals surface area contributed by atoms with Crippen LogP contribution in [0.15, 0.2) is 66.9 Å². The number of thiazole rings is 1. The van der Waals surface area contributed by atoms with Crippen molar-refractivity contribution in [3.8, 4) is 0 Å². The summed E-state index contributed by atoms with van der Waals surface area (Å²) in [7, 11) is 1.83. The molecule has 1 amide bonds. The molecule has 0 saturated carbocycles. The van der Waals surface area contributed by atoms with Crippen LogP contribution in [-0.4, -0.2) is 20.7 Å². The second-order valence-corrected chi connectivity index (χ2v) is 7.89. The molecule has 0 bridgehead atoms. The van der Waals surface area contributed by atoms with Crippen molar-refractivity contribution in [1.82, 2.24) is 14.8 Å². The number of aromatic nitrogens is 3. The number of carbonyl (C=O) groups excluding carboxylic acids is 1. The van der Waals surface area contributed by atoms with Gasteiger partial charge in [-0.1, -0.05) is 42.5 Å². The highest BCUT2D eigenvalue weighted by molar-refractivity contribution is 7.18. The van der Waals surface area contributed by atoms with Gasteiger partial charge >= 0.3 is 0 Å². The maximum Gasteiger partial charge on any atom is 0.236 e. The van der Waals surface area contributed by atoms with Crippen LogP contribution in [0, 0.1) is 0 Å². The van der Waals surface area contributed by atoms with Gasteiger partial charge in [0.1, 0.15) is 0 Å². The molecule has 0 saturated heterocycles. The third kappa shape index (κ3) is 3.48. The number of carbonyl (C=O) groups is 1. The Balaban J connectivity index is 1.70. The normalized spacial score (nSPS) is 13.4. The van der Waals surface area contributed by atoms with E-state index in [1.807, 2.05) is 68.7 Å². The van der Waals surface area contributed by atoms with Gasteiger partial charge in [-0.3, -0.25) is 9.48 Å². The summed E-state index contributed by atoms with van der Waals surface area (Å²) < 4.78 is 2.80. The number of benzene rings is 2. The highest BCUT2D eigenvalue weighted by Crippen LogP contribution is 2.33. The highest BCUT2D eigenvalue weighted by atomic mass is 32.1. The van der Waals surface area contributed by atoms with Crippen LogP contribution in [0.4, 0.5) is 5.82 Å². The molecule has 27 heavy (non-hydrogen) atoms. The van der Waals surface area contributed by atoms with Gasteiger partial charge in [0.15, 0.2) is 5.82 Å². The number of fused-ring (bicyclic) bond motifs is 1. The number of amides is 1. The number of aryl methyl sites for hydroxylation is 1. The van der Waals surface area contributed by atoms with Crippen molar-refractivity contribution in [2.24, 2.45) is 7.05 Å². The lowest BCUT2D eigenvalue weighted by Gasteiger charge is -2.27. The Kier molecular flexibility index (Phi) is 4.49. The fourth-order valence-electron chi connectivity index (χ4n) is 3.15. The van der Waals surface area contributed by atoms with Gasteiger partial charge in [-0.25, -0.2) is 4.98 Å². The van der Waals surface area contributed by atoms with Crippen LogP contribution in [0.3, 0.4) is 0 Å². The van der Waals surface area contributed by atoms with Crippen LogP contribution >= 0.6 is 11.3 Å². The lowest BCUT2D eigenvalue weighted by atomic mass is 9.78. The van der Waals surface area contributed by atoms with Gasteiger partial charge in [-0.15, -0.1) is 11.3 Å². The predicted octanol–water partition coefficient (Wildman–Crippen LogP) is 4.17. The Morgan fingerprint density at radius 2 is 1.85 bits per heavy atom. The van der Waals surface area contributed by atoms with Crippen molar-refractivity contribution >= 4 is 33.3 Å². The van der Waals surface area contributed by atoms with E-state index in [-0.39, 0.29) is 5.91 Å². The van der Waals surface area contributed by atoms with Crippen molar-refractivity contribution < 1.29 is 4.79 Å². The molecule has 0 radical (unpaired) electrons. The first-order valence-electron chi connectivity index (χ1n) is 8.76. The van der Waals surface area contributed by atoms with E-state index in [4.69, 9.17) is 4.98 Å². The summed E-state index contributed by atoms with van der Waals surface area (Å²) in [5, 5.41) is 8.18. The molecule has 0 unspecified atom stereocenters. The Morgan fingerprint density at radius 3 is 2.56 bits per heavy atom. The molecular weight excluding hydrogens is 356 g/mol. The van der Waals surface area contributed by atoms with Crippen LogP contribution in [0.5, 0.6) is 0 Å². The molecule has 4 rings (SSSR count). The molecule has 0 spiro atoms. The smallest absolute Gasteiger partial charge is 0.236 e. The van der Waals surface area contributed by atoms with Gasteiger partial charge in [0, 0.05) is 25.7 Å². The van der Waals surface area contributed by atoms with E-state index < -0.39 is 5.41 Å². The second-order valence-electron chi connectivity index (χ2n) is 6.78. The van der Waals surface area contributed by atoms with Crippen LogP contribution in [0.2, 0.25) is 0 Å². The predicted molar refractivity (Wildman–Crippen MR) is 109 cm³/mol. The third-order valence-electron chi connectivity index (χ3n) is 4.71. The van der Waals surface area contributed by atoms with Crippen molar-refractivity contribution in [3.63, 3.8) is 0 Å². The summed E-state index contributed by atoms with van der Waals surface area (Å²) >= 11 is 1.64. The minimum Gasteiger partial charge on any atom is -0.308 e. The number of hydrogen-bond donors (Lipinski definition) is 1. The standard InChI is InChI=1S/C21H20N4OS/c1-21(15-8-4-3-5-9-15,20(26)23-18-12-13-25(2)24-18)14-19-22-16-10-6-7-11-17(16)27-19/h3-13H,14H2,1-2H3,(H,23,24,26)/t21-/m0/s1. The average molecular weight is 376 g/mol. The molecule has 0 aliphatic rings. The average Bonchev–Trinajstić information content (AvgIpc) is 3.27. The van der Waals surface area contributed by atoms with Gasteiger partial charge in [-0.05, 0) is 24.6 Å². The molecular formula is C21H20N4OS. The van der Waals surface area contributed by atoms with E-state index in [0.717, 1.165) is 20.8 Å². The number of rotatable bonds is 5. The van der Waals surface area contributed by atoms with E-state index in [1.165, 1.54) is 0 Å². The maximum atomic E-state index is 13.3. The molecule has 0 aliphatic heterocycles. The first-order chi connectivity index (χ1) is 13.0. The lowest BCUT2D eigenvalue weighted by Crippen LogP contribution is -2.39. The van der Waals surface area contributed by atoms with Crippen LogP contribution in [0.1, 0.15) is 17.5 Å². The number of para-hydroxylation sites is 1. The summed E-state index contributed by atoms with van der Waals surface area (Å²) in [6, 6.07) is 19.7. The summed E-state index contributed by atoms with van der Waals surface area (Å²) in [6.07, 6.45) is 2.33. The van der Waals surface area contributed by atoms with Gasteiger partial charge in [0.2, 0.25) is 5.91 Å². The molecule has 0 aliphatic carbocycles. The van der Waals surface area contributed by atoms with Gasteiger partial charge < -0.3 is 5.32 Å². The number of nitrogens with one attached hydrogen (secondary N) is 1. The molecule has 5 nitrogen and oxygen atoms in total. The first kappa shape index (κ1) is 17.4. The second kappa shape index (κ2) is 6.96. The van der Waals surface area contributed by atoms with Crippen molar-refractivity contribution in [3.05, 3.63) is 77.4 Å². The molecule has 2 heterocycles. The molecule has 2 aromatic carbocycles. The quantitative estimate of drug-likeness (QED) is 0.569. The zero-order valence-corrected chi connectivity index (χ0v) is 16.0. The number of nitrogens with zero attached hydrogens (tertiary/aromatic N) is 3. The fourth-order valence-corrected chi connectivity index (χ4v) is 4.28. The van der Waals surface area contributed by atoms with Crippen LogP contribution in [0.25, 0.3) is 10.2 Å². The van der Waals surface area contributed by atoms with Crippen molar-refractivity contribution in [2.75, 3.05) is 5.32 Å². The monoisotopic (exact) mass is 376 g/mol. The third-order valence-corrected chi connectivity index (χ3v) is 5.75. The van der Waals surface area contributed by atoms with Crippen molar-refractivity contribution in [2.45, 2.75) is 18.8 Å². The molecule has 0 fully saturated rings. The first-order valence-corrected chi connectivity index (χ1v) is 9.57. The lowest BCUT2D eigenvalue weighted by molar-refractivity contribution is -0.121.